The van der Waals surface area contributed by atoms with E-state index in [0.717, 1.165) is 11.2 Å². The van der Waals surface area contributed by atoms with E-state index in [9.17, 15) is 4.79 Å². The van der Waals surface area contributed by atoms with Crippen LogP contribution in [0.15, 0.2) is 0 Å². The Kier molecular flexibility index (Phi) is 24.8. The van der Waals surface area contributed by atoms with Gasteiger partial charge in [-0.25, -0.2) is 0 Å². The van der Waals surface area contributed by atoms with Gasteiger partial charge in [0, 0.05) is 6.42 Å². The minimum Gasteiger partial charge on any atom is -0.399 e. The van der Waals surface area contributed by atoms with Crippen LogP contribution >= 0.6 is 0 Å². The molecule has 0 aromatic rings. The molecule has 0 aliphatic heterocycles. The fraction of sp³-hybridized carbons (Fsp3) is 0.900. The van der Waals surface area contributed by atoms with Gasteiger partial charge in [-0.05, 0) is 13.5 Å². The van der Waals surface area contributed by atoms with Gasteiger partial charge in [-0.1, -0.05) is 41.0 Å². The first-order valence-corrected chi connectivity index (χ1v) is 5.11. The maximum absolute atomic E-state index is 10.5. The first kappa shape index (κ1) is 18.3. The molecule has 0 rings (SSSR count). The Bertz CT molecular complexity index is 94.9. The Morgan fingerprint density at radius 1 is 1.23 bits per heavy atom. The second-order valence-electron chi connectivity index (χ2n) is 2.46. The summed E-state index contributed by atoms with van der Waals surface area (Å²) in [4.78, 5) is 11.7. The van der Waals surface area contributed by atoms with Gasteiger partial charge < -0.3 is 4.81 Å². The van der Waals surface area contributed by atoms with Crippen LogP contribution in [-0.2, 0) is 4.79 Å². The van der Waals surface area contributed by atoms with Crippen molar-refractivity contribution in [2.45, 2.75) is 53.9 Å². The molecule has 0 bridgehead atoms. The van der Waals surface area contributed by atoms with Gasteiger partial charge in [0.05, 0.1) is 0 Å². The molecule has 0 atom stereocenters. The van der Waals surface area contributed by atoms with Crippen LogP contribution in [0, 0.1) is 0 Å². The minimum atomic E-state index is -0.00694. The molecule has 0 fully saturated rings. The van der Waals surface area contributed by atoms with Crippen LogP contribution < -0.4 is 0 Å². The van der Waals surface area contributed by atoms with Gasteiger partial charge in [-0.3, -0.25) is 4.79 Å². The molecule has 0 saturated heterocycles. The lowest BCUT2D eigenvalue weighted by Crippen LogP contribution is -2.22. The molecule has 0 unspecified atom stereocenters. The van der Waals surface area contributed by atoms with Crippen molar-refractivity contribution in [3.63, 3.8) is 0 Å². The average Bonchev–Trinajstić information content (AvgIpc) is 2.10. The summed E-state index contributed by atoms with van der Waals surface area (Å²) in [5, 5.41) is 0. The highest BCUT2D eigenvalue weighted by atomic mass is 16.2. The molecule has 13 heavy (non-hydrogen) atoms. The van der Waals surface area contributed by atoms with Crippen molar-refractivity contribution in [1.82, 2.24) is 4.81 Å². The zero-order valence-electron chi connectivity index (χ0n) is 10.1. The van der Waals surface area contributed by atoms with Crippen LogP contribution in [0.5, 0.6) is 0 Å². The van der Waals surface area contributed by atoms with E-state index in [0.29, 0.717) is 6.42 Å². The first-order valence-electron chi connectivity index (χ1n) is 5.11. The molecule has 0 aromatic carbocycles. The third-order valence-corrected chi connectivity index (χ3v) is 0.857. The Labute approximate surface area is 85.1 Å². The van der Waals surface area contributed by atoms with Crippen molar-refractivity contribution in [3.8, 4) is 0 Å². The van der Waals surface area contributed by atoms with Crippen LogP contribution in [0.2, 0.25) is 0 Å². The van der Waals surface area contributed by atoms with Gasteiger partial charge in [-0.2, -0.15) is 0 Å². The number of carbonyl (C=O) groups excluding carboxylic acids is 1. The lowest BCUT2D eigenvalue weighted by molar-refractivity contribution is -0.125. The number of amides is 1. The van der Waals surface area contributed by atoms with E-state index in [1.165, 1.54) is 6.42 Å². The van der Waals surface area contributed by atoms with Crippen molar-refractivity contribution in [2.75, 3.05) is 7.05 Å². The van der Waals surface area contributed by atoms with Crippen molar-refractivity contribution in [3.05, 3.63) is 0 Å². The molecule has 0 heterocycles. The molecular formula is C10H24BNO. The second kappa shape index (κ2) is 17.6. The van der Waals surface area contributed by atoms with Crippen molar-refractivity contribution >= 4 is 13.9 Å². The van der Waals surface area contributed by atoms with E-state index in [1.54, 1.807) is 7.05 Å². The van der Waals surface area contributed by atoms with Crippen LogP contribution in [0.4, 0.5) is 0 Å². The Hall–Kier alpha value is -0.465. The molecular weight excluding hydrogens is 161 g/mol. The second-order valence-corrected chi connectivity index (χ2v) is 2.46. The first-order chi connectivity index (χ1) is 6.09. The summed E-state index contributed by atoms with van der Waals surface area (Å²) in [5.74, 6) is -0.00694. The standard InChI is InChI=1S/C5H10BNO.C3H8.C2H6/c1-3-4-5(8)7(2)6;1-3-2;1-2/h3-4H2,1-2H3;3H2,1-2H3;1-2H3. The fourth-order valence-corrected chi connectivity index (χ4v) is 0.390. The van der Waals surface area contributed by atoms with E-state index in [2.05, 4.69) is 13.8 Å². The third kappa shape index (κ3) is 24.6. The maximum Gasteiger partial charge on any atom is 0.230 e. The molecule has 0 aliphatic rings. The summed E-state index contributed by atoms with van der Waals surface area (Å²) in [6.45, 7) is 10.2. The van der Waals surface area contributed by atoms with Gasteiger partial charge in [0.15, 0.2) is 0 Å². The van der Waals surface area contributed by atoms with Crippen LogP contribution in [0.1, 0.15) is 53.9 Å². The highest BCUT2D eigenvalue weighted by molar-refractivity contribution is 6.13. The molecule has 3 heteroatoms. The Morgan fingerprint density at radius 2 is 1.54 bits per heavy atom. The molecule has 1 amide bonds. The summed E-state index contributed by atoms with van der Waals surface area (Å²) in [7, 11) is 6.66. The minimum absolute atomic E-state index is 0.00694. The zero-order valence-corrected chi connectivity index (χ0v) is 10.1. The molecule has 0 N–H and O–H groups in total. The van der Waals surface area contributed by atoms with Crippen LogP contribution in [-0.4, -0.2) is 25.7 Å². The largest absolute Gasteiger partial charge is 0.399 e. The summed E-state index contributed by atoms with van der Waals surface area (Å²) in [6, 6.07) is 0. The summed E-state index contributed by atoms with van der Waals surface area (Å²) in [6.07, 6.45) is 2.66. The molecule has 0 aliphatic carbocycles. The van der Waals surface area contributed by atoms with E-state index >= 15 is 0 Å². The average molecular weight is 185 g/mol. The predicted molar refractivity (Wildman–Crippen MR) is 60.7 cm³/mol. The van der Waals surface area contributed by atoms with E-state index in [-0.39, 0.29) is 5.91 Å². The monoisotopic (exact) mass is 185 g/mol. The van der Waals surface area contributed by atoms with Crippen LogP contribution in [0.3, 0.4) is 0 Å². The topological polar surface area (TPSA) is 20.3 Å². The lowest BCUT2D eigenvalue weighted by Gasteiger charge is -2.07. The van der Waals surface area contributed by atoms with E-state index in [4.69, 9.17) is 7.98 Å². The van der Waals surface area contributed by atoms with Gasteiger partial charge in [-0.15, -0.1) is 0 Å². The van der Waals surface area contributed by atoms with Gasteiger partial charge in [0.25, 0.3) is 0 Å². The van der Waals surface area contributed by atoms with Crippen molar-refractivity contribution < 1.29 is 4.79 Å². The van der Waals surface area contributed by atoms with Gasteiger partial charge >= 0.3 is 0 Å². The Balaban J connectivity index is -0.000000169. The SMILES string of the molecule is CC.CCC.[B]N(C)C(=O)CCC. The number of hydrogen-bond donors (Lipinski definition) is 0. The highest BCUT2D eigenvalue weighted by Gasteiger charge is 1.98. The maximum atomic E-state index is 10.5. The third-order valence-electron chi connectivity index (χ3n) is 0.857. The van der Waals surface area contributed by atoms with Crippen molar-refractivity contribution in [1.29, 1.82) is 0 Å². The Morgan fingerprint density at radius 3 is 1.62 bits per heavy atom. The highest BCUT2D eigenvalue weighted by Crippen LogP contribution is 1.89. The fourth-order valence-electron chi connectivity index (χ4n) is 0.390. The number of carbonyl (C=O) groups is 1. The number of hydrogen-bond acceptors (Lipinski definition) is 1. The molecule has 0 spiro atoms. The van der Waals surface area contributed by atoms with E-state index in [1.807, 2.05) is 20.8 Å². The number of rotatable bonds is 2. The molecule has 2 radical (unpaired) electrons. The summed E-state index contributed by atoms with van der Waals surface area (Å²) < 4.78 is 0. The smallest absolute Gasteiger partial charge is 0.230 e. The normalized spacial score (nSPS) is 7.23. The zero-order chi connectivity index (χ0) is 11.3. The molecule has 0 saturated carbocycles. The quantitative estimate of drug-likeness (QED) is 0.605. The van der Waals surface area contributed by atoms with Crippen LogP contribution in [0.25, 0.3) is 0 Å². The summed E-state index contributed by atoms with van der Waals surface area (Å²) in [5.41, 5.74) is 0. The van der Waals surface area contributed by atoms with Gasteiger partial charge in [0.1, 0.15) is 0 Å². The lowest BCUT2D eigenvalue weighted by atomic mass is 10.2. The van der Waals surface area contributed by atoms with Gasteiger partial charge in [0.2, 0.25) is 13.9 Å². The van der Waals surface area contributed by atoms with E-state index < -0.39 is 0 Å². The molecule has 2 nitrogen and oxygen atoms in total. The summed E-state index contributed by atoms with van der Waals surface area (Å²) >= 11 is 0. The van der Waals surface area contributed by atoms with Crippen molar-refractivity contribution in [2.24, 2.45) is 0 Å². The molecule has 0 aromatic heterocycles. The predicted octanol–water partition coefficient (Wildman–Crippen LogP) is 2.77. The number of nitrogens with zero attached hydrogens (tertiary/aromatic N) is 1. The molecule has 78 valence electrons.